The minimum absolute atomic E-state index is 0.0204. The summed E-state index contributed by atoms with van der Waals surface area (Å²) in [5.74, 6) is 1.14. The first-order valence-corrected chi connectivity index (χ1v) is 9.41. The molecule has 2 aromatic rings. The molecule has 0 unspecified atom stereocenters. The van der Waals surface area contributed by atoms with Gasteiger partial charge in [0.25, 0.3) is 5.91 Å². The SMILES string of the molecule is COc1ccc(C(=O)N[C@@H]2CN(Cc3ccccc3)C[C@H]2CN(C)C)cc1. The van der Waals surface area contributed by atoms with Gasteiger partial charge in [-0.15, -0.1) is 0 Å². The zero-order valence-electron chi connectivity index (χ0n) is 16.4. The summed E-state index contributed by atoms with van der Waals surface area (Å²) in [4.78, 5) is 17.3. The van der Waals surface area contributed by atoms with Crippen LogP contribution >= 0.6 is 0 Å². The van der Waals surface area contributed by atoms with E-state index >= 15 is 0 Å². The molecule has 3 rings (SSSR count). The number of methoxy groups -OCH3 is 1. The molecule has 2 aromatic carbocycles. The van der Waals surface area contributed by atoms with Gasteiger partial charge in [0.2, 0.25) is 0 Å². The van der Waals surface area contributed by atoms with Gasteiger partial charge < -0.3 is 15.0 Å². The van der Waals surface area contributed by atoms with Gasteiger partial charge >= 0.3 is 0 Å². The van der Waals surface area contributed by atoms with Crippen LogP contribution in [0.25, 0.3) is 0 Å². The Morgan fingerprint density at radius 2 is 1.81 bits per heavy atom. The predicted molar refractivity (Wildman–Crippen MR) is 108 cm³/mol. The molecule has 27 heavy (non-hydrogen) atoms. The van der Waals surface area contributed by atoms with Crippen LogP contribution in [-0.4, -0.2) is 62.6 Å². The maximum atomic E-state index is 12.7. The first kappa shape index (κ1) is 19.4. The number of carbonyl (C=O) groups is 1. The number of nitrogens with zero attached hydrogens (tertiary/aromatic N) is 2. The Morgan fingerprint density at radius 1 is 1.11 bits per heavy atom. The highest BCUT2D eigenvalue weighted by Crippen LogP contribution is 2.21. The van der Waals surface area contributed by atoms with E-state index in [1.807, 2.05) is 30.3 Å². The molecule has 0 aliphatic carbocycles. The second-order valence-corrected chi connectivity index (χ2v) is 7.51. The summed E-state index contributed by atoms with van der Waals surface area (Å²) in [6.45, 7) is 3.73. The lowest BCUT2D eigenvalue weighted by atomic mass is 10.0. The first-order chi connectivity index (χ1) is 13.0. The Morgan fingerprint density at radius 3 is 2.44 bits per heavy atom. The average Bonchev–Trinajstić information content (AvgIpc) is 3.02. The van der Waals surface area contributed by atoms with Crippen molar-refractivity contribution < 1.29 is 9.53 Å². The summed E-state index contributed by atoms with van der Waals surface area (Å²) in [7, 11) is 5.80. The number of hydrogen-bond donors (Lipinski definition) is 1. The number of carbonyl (C=O) groups excluding carboxylic acids is 1. The molecule has 0 radical (unpaired) electrons. The smallest absolute Gasteiger partial charge is 0.251 e. The summed E-state index contributed by atoms with van der Waals surface area (Å²) >= 11 is 0. The zero-order chi connectivity index (χ0) is 19.2. The van der Waals surface area contributed by atoms with Crippen LogP contribution in [0.2, 0.25) is 0 Å². The van der Waals surface area contributed by atoms with Crippen LogP contribution in [0.5, 0.6) is 5.75 Å². The van der Waals surface area contributed by atoms with E-state index in [1.165, 1.54) is 5.56 Å². The van der Waals surface area contributed by atoms with E-state index in [9.17, 15) is 4.79 Å². The molecular weight excluding hydrogens is 338 g/mol. The maximum absolute atomic E-state index is 12.7. The van der Waals surface area contributed by atoms with Gasteiger partial charge in [-0.05, 0) is 43.9 Å². The minimum Gasteiger partial charge on any atom is -0.497 e. The fraction of sp³-hybridized carbons (Fsp3) is 0.409. The second-order valence-electron chi connectivity index (χ2n) is 7.51. The van der Waals surface area contributed by atoms with Crippen molar-refractivity contribution in [1.82, 2.24) is 15.1 Å². The lowest BCUT2D eigenvalue weighted by Gasteiger charge is -2.23. The van der Waals surface area contributed by atoms with Crippen LogP contribution in [0.3, 0.4) is 0 Å². The van der Waals surface area contributed by atoms with Gasteiger partial charge in [-0.3, -0.25) is 9.69 Å². The Labute approximate surface area is 161 Å². The molecule has 1 amide bonds. The Hall–Kier alpha value is -2.37. The molecule has 1 fully saturated rings. The fourth-order valence-corrected chi connectivity index (χ4v) is 3.74. The van der Waals surface area contributed by atoms with Crippen LogP contribution in [0.4, 0.5) is 0 Å². The van der Waals surface area contributed by atoms with Crippen molar-refractivity contribution in [2.24, 2.45) is 5.92 Å². The number of nitrogens with one attached hydrogen (secondary N) is 1. The Bertz CT molecular complexity index is 731. The van der Waals surface area contributed by atoms with Gasteiger partial charge in [0.05, 0.1) is 7.11 Å². The molecule has 5 heteroatoms. The van der Waals surface area contributed by atoms with Gasteiger partial charge in [0.15, 0.2) is 0 Å². The van der Waals surface area contributed by atoms with Crippen LogP contribution in [0, 0.1) is 5.92 Å². The third kappa shape index (κ3) is 5.31. The largest absolute Gasteiger partial charge is 0.497 e. The monoisotopic (exact) mass is 367 g/mol. The molecule has 144 valence electrons. The summed E-state index contributed by atoms with van der Waals surface area (Å²) in [6, 6.07) is 17.9. The number of likely N-dealkylation sites (tertiary alicyclic amines) is 1. The van der Waals surface area contributed by atoms with Crippen LogP contribution in [0.15, 0.2) is 54.6 Å². The Kier molecular flexibility index (Phi) is 6.48. The van der Waals surface area contributed by atoms with E-state index in [-0.39, 0.29) is 11.9 Å². The number of rotatable bonds is 7. The van der Waals surface area contributed by atoms with E-state index in [4.69, 9.17) is 4.74 Å². The quantitative estimate of drug-likeness (QED) is 0.817. The summed E-state index contributed by atoms with van der Waals surface area (Å²) < 4.78 is 5.17. The van der Waals surface area contributed by atoms with Crippen molar-refractivity contribution in [3.05, 3.63) is 65.7 Å². The molecule has 5 nitrogen and oxygen atoms in total. The van der Waals surface area contributed by atoms with Gasteiger partial charge in [-0.1, -0.05) is 30.3 Å². The lowest BCUT2D eigenvalue weighted by molar-refractivity contribution is 0.0926. The third-order valence-electron chi connectivity index (χ3n) is 5.03. The molecule has 1 saturated heterocycles. The van der Waals surface area contributed by atoms with Gasteiger partial charge in [0, 0.05) is 43.7 Å². The fourth-order valence-electron chi connectivity index (χ4n) is 3.74. The van der Waals surface area contributed by atoms with E-state index < -0.39 is 0 Å². The molecule has 1 N–H and O–H groups in total. The second kappa shape index (κ2) is 9.02. The highest BCUT2D eigenvalue weighted by atomic mass is 16.5. The number of benzene rings is 2. The van der Waals surface area contributed by atoms with Gasteiger partial charge in [0.1, 0.15) is 5.75 Å². The van der Waals surface area contributed by atoms with E-state index in [0.29, 0.717) is 11.5 Å². The number of hydrogen-bond acceptors (Lipinski definition) is 4. The van der Waals surface area contributed by atoms with Crippen molar-refractivity contribution in [2.45, 2.75) is 12.6 Å². The molecule has 2 atom stereocenters. The highest BCUT2D eigenvalue weighted by molar-refractivity contribution is 5.94. The first-order valence-electron chi connectivity index (χ1n) is 9.41. The zero-order valence-corrected chi connectivity index (χ0v) is 16.4. The minimum atomic E-state index is -0.0204. The Balaban J connectivity index is 1.65. The third-order valence-corrected chi connectivity index (χ3v) is 5.03. The van der Waals surface area contributed by atoms with Crippen molar-refractivity contribution in [3.63, 3.8) is 0 Å². The molecule has 0 spiro atoms. The van der Waals surface area contributed by atoms with Gasteiger partial charge in [-0.2, -0.15) is 0 Å². The topological polar surface area (TPSA) is 44.8 Å². The summed E-state index contributed by atoms with van der Waals surface area (Å²) in [5.41, 5.74) is 1.98. The number of amides is 1. The molecular formula is C22H29N3O2. The molecule has 0 bridgehead atoms. The van der Waals surface area contributed by atoms with Crippen LogP contribution in [0.1, 0.15) is 15.9 Å². The van der Waals surface area contributed by atoms with Crippen molar-refractivity contribution in [3.8, 4) is 5.75 Å². The maximum Gasteiger partial charge on any atom is 0.251 e. The van der Waals surface area contributed by atoms with Crippen molar-refractivity contribution in [1.29, 1.82) is 0 Å². The lowest BCUT2D eigenvalue weighted by Crippen LogP contribution is -2.43. The average molecular weight is 367 g/mol. The van der Waals surface area contributed by atoms with Crippen molar-refractivity contribution >= 4 is 5.91 Å². The summed E-state index contributed by atoms with van der Waals surface area (Å²) in [6.07, 6.45) is 0. The molecule has 1 heterocycles. The molecule has 1 aliphatic heterocycles. The number of ether oxygens (including phenoxy) is 1. The highest BCUT2D eigenvalue weighted by Gasteiger charge is 2.34. The van der Waals surface area contributed by atoms with Crippen molar-refractivity contribution in [2.75, 3.05) is 40.8 Å². The van der Waals surface area contributed by atoms with Gasteiger partial charge in [-0.25, -0.2) is 0 Å². The van der Waals surface area contributed by atoms with E-state index in [2.05, 4.69) is 53.5 Å². The molecule has 0 aromatic heterocycles. The normalized spacial score (nSPS) is 20.0. The standard InChI is InChI=1S/C22H29N3O2/c1-24(2)14-19-15-25(13-17-7-5-4-6-8-17)16-21(19)23-22(26)18-9-11-20(27-3)12-10-18/h4-12,19,21H,13-16H2,1-3H3,(H,23,26)/t19-,21-/m1/s1. The molecule has 1 aliphatic rings. The van der Waals surface area contributed by atoms with Crippen LogP contribution < -0.4 is 10.1 Å². The predicted octanol–water partition coefficient (Wildman–Crippen LogP) is 2.49. The molecule has 0 saturated carbocycles. The van der Waals surface area contributed by atoms with E-state index in [0.717, 1.165) is 31.9 Å². The summed E-state index contributed by atoms with van der Waals surface area (Å²) in [5, 5.41) is 3.26. The van der Waals surface area contributed by atoms with Crippen LogP contribution in [-0.2, 0) is 6.54 Å². The van der Waals surface area contributed by atoms with E-state index in [1.54, 1.807) is 7.11 Å².